The van der Waals surface area contributed by atoms with Gasteiger partial charge in [0.25, 0.3) is 0 Å². The van der Waals surface area contributed by atoms with Crippen LogP contribution in [-0.2, 0) is 12.8 Å². The lowest BCUT2D eigenvalue weighted by atomic mass is 9.77. The number of phenolic OH excluding ortho intramolecular Hbond substituents is 7. The van der Waals surface area contributed by atoms with Crippen LogP contribution in [0.2, 0.25) is 0 Å². The summed E-state index contributed by atoms with van der Waals surface area (Å²) in [4.78, 5) is 0. The average Bonchev–Trinajstić information content (AvgIpc) is 3.56. The van der Waals surface area contributed by atoms with Crippen LogP contribution in [0, 0.1) is 6.92 Å². The number of benzene rings is 7. The van der Waals surface area contributed by atoms with E-state index < -0.39 is 11.8 Å². The predicted molar refractivity (Wildman–Crippen MR) is 312 cm³/mol. The molecule has 7 aromatic carbocycles. The standard InChI is InChI=1S/C71H80O7/c1-44-34-55(36-45-22-28-67(76)61(38-45)69(51-24-30-63(72)57(40-51)47-14-6-2-7-15-47)52-25-31-64(73)58(41-52)48-16-8-3-9-17-48)71(78)56(35-44)37-46-23-29-68(77)62(39-46)70(53-26-32-65(74)59(42-53)49-18-10-4-11-19-49)54-27-33-66(75)60(43-54)50-20-12-5-13-21-50/h22-35,38-43,47-50,69-70,72-78H,2-21,36-37H2,1H3. The van der Waals surface area contributed by atoms with Crippen molar-refractivity contribution in [3.05, 3.63) is 205 Å². The van der Waals surface area contributed by atoms with Crippen molar-refractivity contribution in [3.8, 4) is 40.2 Å². The Hall–Kier alpha value is -6.86. The first-order valence-electron chi connectivity index (χ1n) is 29.7. The summed E-state index contributed by atoms with van der Waals surface area (Å²) in [6, 6.07) is 39.5. The number of phenols is 7. The van der Waals surface area contributed by atoms with Crippen LogP contribution in [0.3, 0.4) is 0 Å². The molecule has 0 radical (unpaired) electrons. The van der Waals surface area contributed by atoms with Crippen molar-refractivity contribution in [1.29, 1.82) is 0 Å². The van der Waals surface area contributed by atoms with E-state index >= 15 is 0 Å². The molecule has 0 bridgehead atoms. The van der Waals surface area contributed by atoms with Crippen molar-refractivity contribution >= 4 is 0 Å². The van der Waals surface area contributed by atoms with Gasteiger partial charge in [0.15, 0.2) is 0 Å². The Morgan fingerprint density at radius 3 is 0.872 bits per heavy atom. The van der Waals surface area contributed by atoms with E-state index in [1.807, 2.05) is 72.8 Å². The van der Waals surface area contributed by atoms with Crippen LogP contribution in [0.5, 0.6) is 40.2 Å². The van der Waals surface area contributed by atoms with E-state index in [4.69, 9.17) is 0 Å². The van der Waals surface area contributed by atoms with Gasteiger partial charge in [-0.25, -0.2) is 0 Å². The minimum Gasteiger partial charge on any atom is -0.508 e. The Morgan fingerprint density at radius 2 is 0.590 bits per heavy atom. The van der Waals surface area contributed by atoms with E-state index in [1.165, 1.54) is 25.7 Å². The Labute approximate surface area is 462 Å². The second-order valence-electron chi connectivity index (χ2n) is 24.1. The fourth-order valence-corrected chi connectivity index (χ4v) is 14.6. The van der Waals surface area contributed by atoms with Gasteiger partial charge < -0.3 is 35.7 Å². The van der Waals surface area contributed by atoms with Crippen molar-refractivity contribution in [2.75, 3.05) is 0 Å². The van der Waals surface area contributed by atoms with Gasteiger partial charge in [0.2, 0.25) is 0 Å². The summed E-state index contributed by atoms with van der Waals surface area (Å²) in [6.07, 6.45) is 23.0. The lowest BCUT2D eigenvalue weighted by Gasteiger charge is -2.27. The quantitative estimate of drug-likeness (QED) is 0.0538. The van der Waals surface area contributed by atoms with Crippen LogP contribution in [0.1, 0.15) is 247 Å². The molecule has 0 spiro atoms. The van der Waals surface area contributed by atoms with Crippen molar-refractivity contribution in [2.45, 2.75) is 184 Å². The van der Waals surface area contributed by atoms with Gasteiger partial charge in [-0.15, -0.1) is 0 Å². The number of hydrogen-bond donors (Lipinski definition) is 7. The summed E-state index contributed by atoms with van der Waals surface area (Å²) >= 11 is 0. The van der Waals surface area contributed by atoms with E-state index in [2.05, 4.69) is 43.3 Å². The third-order valence-electron chi connectivity index (χ3n) is 18.7. The molecule has 4 fully saturated rings. The van der Waals surface area contributed by atoms with Crippen LogP contribution >= 0.6 is 0 Å². The summed E-state index contributed by atoms with van der Waals surface area (Å²) < 4.78 is 0. The van der Waals surface area contributed by atoms with E-state index in [-0.39, 0.29) is 40.9 Å². The van der Waals surface area contributed by atoms with Gasteiger partial charge in [-0.05, 0) is 185 Å². The first kappa shape index (κ1) is 53.2. The Bertz CT molecular complexity index is 2890. The molecule has 4 aliphatic carbocycles. The van der Waals surface area contributed by atoms with Crippen LogP contribution in [0.25, 0.3) is 0 Å². The molecular weight excluding hydrogens is 965 g/mol. The highest BCUT2D eigenvalue weighted by atomic mass is 16.3. The maximum atomic E-state index is 12.3. The van der Waals surface area contributed by atoms with Gasteiger partial charge in [-0.2, -0.15) is 0 Å². The van der Waals surface area contributed by atoms with Crippen LogP contribution < -0.4 is 0 Å². The molecule has 7 nitrogen and oxygen atoms in total. The lowest BCUT2D eigenvalue weighted by Crippen LogP contribution is -2.10. The highest BCUT2D eigenvalue weighted by molar-refractivity contribution is 5.58. The molecule has 0 heterocycles. The molecule has 4 saturated carbocycles. The third-order valence-corrected chi connectivity index (χ3v) is 18.7. The molecule has 7 N–H and O–H groups in total. The van der Waals surface area contributed by atoms with Gasteiger partial charge in [0.1, 0.15) is 40.2 Å². The fraction of sp³-hybridized carbons (Fsp3) is 0.408. The molecule has 78 heavy (non-hydrogen) atoms. The SMILES string of the molecule is Cc1cc(Cc2ccc(O)c(C(c3ccc(O)c(C4CCCCC4)c3)c3ccc(O)c(C4CCCCC4)c3)c2)c(O)c(Cc2ccc(O)c(C(c3ccc(O)c(C4CCCCC4)c3)c3ccc(O)c(C4CCCCC4)c3)c2)c1. The number of rotatable bonds is 14. The summed E-state index contributed by atoms with van der Waals surface area (Å²) in [5, 5.41) is 81.5. The highest BCUT2D eigenvalue weighted by Gasteiger charge is 2.30. The minimum atomic E-state index is -0.397. The van der Waals surface area contributed by atoms with Gasteiger partial charge in [-0.1, -0.05) is 168 Å². The van der Waals surface area contributed by atoms with Gasteiger partial charge in [0, 0.05) is 35.8 Å². The second-order valence-corrected chi connectivity index (χ2v) is 24.1. The molecule has 0 amide bonds. The van der Waals surface area contributed by atoms with Crippen LogP contribution in [-0.4, -0.2) is 35.7 Å². The van der Waals surface area contributed by atoms with E-state index in [0.29, 0.717) is 35.8 Å². The van der Waals surface area contributed by atoms with Gasteiger partial charge in [0.05, 0.1) is 0 Å². The van der Waals surface area contributed by atoms with Gasteiger partial charge in [-0.3, -0.25) is 0 Å². The van der Waals surface area contributed by atoms with E-state index in [9.17, 15) is 35.7 Å². The molecule has 406 valence electrons. The third kappa shape index (κ3) is 11.5. The van der Waals surface area contributed by atoms with E-state index in [1.54, 1.807) is 12.1 Å². The largest absolute Gasteiger partial charge is 0.508 e. The molecule has 0 atom stereocenters. The Kier molecular flexibility index (Phi) is 16.1. The van der Waals surface area contributed by atoms with Crippen LogP contribution in [0.4, 0.5) is 0 Å². The molecule has 0 aliphatic heterocycles. The number of aryl methyl sites for hydroxylation is 1. The maximum Gasteiger partial charge on any atom is 0.122 e. The minimum absolute atomic E-state index is 0.161. The molecule has 0 aromatic heterocycles. The maximum absolute atomic E-state index is 12.3. The normalized spacial score (nSPS) is 17.3. The average molecular weight is 1050 g/mol. The molecule has 4 aliphatic rings. The lowest BCUT2D eigenvalue weighted by molar-refractivity contribution is 0.413. The first-order chi connectivity index (χ1) is 37.9. The summed E-state index contributed by atoms with van der Waals surface area (Å²) in [7, 11) is 0. The fourth-order valence-electron chi connectivity index (χ4n) is 14.6. The zero-order valence-electron chi connectivity index (χ0n) is 45.7. The summed E-state index contributed by atoms with van der Waals surface area (Å²) in [5.41, 5.74) is 13.6. The van der Waals surface area contributed by atoms with Crippen molar-refractivity contribution in [2.24, 2.45) is 0 Å². The summed E-state index contributed by atoms with van der Waals surface area (Å²) in [6.45, 7) is 2.05. The molecule has 7 aromatic rings. The molecular formula is C71H80O7. The zero-order chi connectivity index (χ0) is 53.9. The van der Waals surface area contributed by atoms with Crippen molar-refractivity contribution in [3.63, 3.8) is 0 Å². The molecule has 7 heteroatoms. The topological polar surface area (TPSA) is 142 Å². The smallest absolute Gasteiger partial charge is 0.122 e. The monoisotopic (exact) mass is 1040 g/mol. The van der Waals surface area contributed by atoms with Crippen molar-refractivity contribution in [1.82, 2.24) is 0 Å². The molecule has 0 unspecified atom stereocenters. The molecule has 0 saturated heterocycles. The Morgan fingerprint density at radius 1 is 0.321 bits per heavy atom. The van der Waals surface area contributed by atoms with Crippen LogP contribution in [0.15, 0.2) is 121 Å². The number of hydrogen-bond acceptors (Lipinski definition) is 7. The summed E-state index contributed by atoms with van der Waals surface area (Å²) in [5.74, 6) is 2.04. The molecule has 11 rings (SSSR count). The van der Waals surface area contributed by atoms with Crippen molar-refractivity contribution < 1.29 is 35.7 Å². The predicted octanol–water partition coefficient (Wildman–Crippen LogP) is 17.7. The van der Waals surface area contributed by atoms with E-state index in [0.717, 1.165) is 186 Å². The number of aromatic hydroxyl groups is 7. The Balaban J connectivity index is 0.943. The van der Waals surface area contributed by atoms with Gasteiger partial charge >= 0.3 is 0 Å². The first-order valence-corrected chi connectivity index (χ1v) is 29.7. The zero-order valence-corrected chi connectivity index (χ0v) is 45.7. The highest BCUT2D eigenvalue weighted by Crippen LogP contribution is 2.48. The second kappa shape index (κ2) is 23.6.